The molecule has 1 unspecified atom stereocenters. The van der Waals surface area contributed by atoms with Crippen molar-refractivity contribution in [3.63, 3.8) is 0 Å². The third-order valence-corrected chi connectivity index (χ3v) is 6.18. The Morgan fingerprint density at radius 3 is 2.62 bits per heavy atom. The van der Waals surface area contributed by atoms with E-state index < -0.39 is 35.7 Å². The van der Waals surface area contributed by atoms with Gasteiger partial charge in [0.25, 0.3) is 5.91 Å². The first kappa shape index (κ1) is 21.6. The molecule has 1 atom stereocenters. The summed E-state index contributed by atoms with van der Waals surface area (Å²) < 4.78 is 13.2. The molecule has 0 saturated carbocycles. The minimum atomic E-state index is -1.37. The summed E-state index contributed by atoms with van der Waals surface area (Å²) in [6.45, 7) is 5.05. The summed E-state index contributed by atoms with van der Waals surface area (Å²) in [5.41, 5.74) is 2.95. The third kappa shape index (κ3) is 3.99. The molecule has 2 heterocycles. The second-order valence-corrected chi connectivity index (χ2v) is 8.72. The molecule has 1 saturated heterocycles. The van der Waals surface area contributed by atoms with Crippen molar-refractivity contribution in [1.82, 2.24) is 15.2 Å². The number of hydrogen-bond donors (Lipinski definition) is 2. The van der Waals surface area contributed by atoms with E-state index in [4.69, 9.17) is 0 Å². The Kier molecular flexibility index (Phi) is 5.52. The van der Waals surface area contributed by atoms with E-state index in [1.54, 1.807) is 0 Å². The number of aryl methyl sites for hydroxylation is 2. The quantitative estimate of drug-likeness (QED) is 0.573. The maximum Gasteiger partial charge on any atom is 0.325 e. The summed E-state index contributed by atoms with van der Waals surface area (Å²) >= 11 is 1.26. The molecular formula is C23H21FN4O3S. The van der Waals surface area contributed by atoms with Crippen LogP contribution >= 0.6 is 11.3 Å². The fraction of sp³-hybridized carbons (Fsp3) is 0.217. The molecule has 0 bridgehead atoms. The standard InChI is InChI=1S/C23H21FN4O3S/c1-13-4-5-14(2)17(10-13)18-12-32-21(25-18)26-19(29)11-28-20(30)23(3,27-22(28)31)15-6-8-16(24)9-7-15/h4-10,12H,11H2,1-3H3,(H,27,31)(H,25,26,29). The molecule has 2 aromatic carbocycles. The maximum absolute atomic E-state index is 13.2. The van der Waals surface area contributed by atoms with E-state index in [0.717, 1.165) is 27.3 Å². The first-order valence-corrected chi connectivity index (χ1v) is 10.8. The fourth-order valence-electron chi connectivity index (χ4n) is 3.59. The van der Waals surface area contributed by atoms with Gasteiger partial charge >= 0.3 is 6.03 Å². The zero-order chi connectivity index (χ0) is 23.0. The summed E-state index contributed by atoms with van der Waals surface area (Å²) in [5, 5.41) is 7.47. The van der Waals surface area contributed by atoms with Crippen LogP contribution in [-0.2, 0) is 15.1 Å². The van der Waals surface area contributed by atoms with E-state index in [9.17, 15) is 18.8 Å². The van der Waals surface area contributed by atoms with Gasteiger partial charge in [-0.2, -0.15) is 0 Å². The molecule has 1 aromatic heterocycles. The van der Waals surface area contributed by atoms with Crippen molar-refractivity contribution in [3.8, 4) is 11.3 Å². The number of nitrogens with zero attached hydrogens (tertiary/aromatic N) is 2. The molecular weight excluding hydrogens is 431 g/mol. The van der Waals surface area contributed by atoms with Crippen LogP contribution in [0.5, 0.6) is 0 Å². The average molecular weight is 453 g/mol. The number of benzene rings is 2. The minimum absolute atomic E-state index is 0.374. The highest BCUT2D eigenvalue weighted by Crippen LogP contribution is 2.30. The van der Waals surface area contributed by atoms with Crippen LogP contribution in [0.4, 0.5) is 14.3 Å². The lowest BCUT2D eigenvalue weighted by Gasteiger charge is -2.22. The SMILES string of the molecule is Cc1ccc(C)c(-c2csc(NC(=O)CN3C(=O)NC(C)(c4ccc(F)cc4)C3=O)n2)c1. The molecule has 4 rings (SSSR count). The van der Waals surface area contributed by atoms with Crippen LogP contribution in [0, 0.1) is 19.7 Å². The number of urea groups is 1. The van der Waals surface area contributed by atoms with Crippen molar-refractivity contribution >= 4 is 34.3 Å². The predicted molar refractivity (Wildman–Crippen MR) is 120 cm³/mol. The second kappa shape index (κ2) is 8.16. The molecule has 2 N–H and O–H groups in total. The monoisotopic (exact) mass is 452 g/mol. The fourth-order valence-corrected chi connectivity index (χ4v) is 4.32. The number of carbonyl (C=O) groups excluding carboxylic acids is 3. The van der Waals surface area contributed by atoms with E-state index in [1.807, 2.05) is 37.4 Å². The van der Waals surface area contributed by atoms with Gasteiger partial charge in [0.05, 0.1) is 5.69 Å². The average Bonchev–Trinajstić information content (AvgIpc) is 3.29. The maximum atomic E-state index is 13.2. The number of rotatable bonds is 5. The van der Waals surface area contributed by atoms with Gasteiger partial charge in [-0.05, 0) is 50.1 Å². The van der Waals surface area contributed by atoms with Gasteiger partial charge < -0.3 is 10.6 Å². The Morgan fingerprint density at radius 1 is 1.19 bits per heavy atom. The number of carbonyl (C=O) groups is 3. The number of halogens is 1. The first-order valence-electron chi connectivity index (χ1n) is 9.90. The van der Waals surface area contributed by atoms with Crippen LogP contribution in [0.15, 0.2) is 47.8 Å². The number of hydrogen-bond acceptors (Lipinski definition) is 5. The van der Waals surface area contributed by atoms with Gasteiger partial charge in [0.1, 0.15) is 17.9 Å². The smallest absolute Gasteiger partial charge is 0.319 e. The van der Waals surface area contributed by atoms with Gasteiger partial charge in [0.2, 0.25) is 5.91 Å². The van der Waals surface area contributed by atoms with Crippen molar-refractivity contribution in [2.75, 3.05) is 11.9 Å². The Labute approximate surface area is 188 Å². The van der Waals surface area contributed by atoms with Gasteiger partial charge in [-0.25, -0.2) is 14.2 Å². The van der Waals surface area contributed by atoms with Crippen molar-refractivity contribution in [2.45, 2.75) is 26.3 Å². The van der Waals surface area contributed by atoms with Gasteiger partial charge in [0, 0.05) is 10.9 Å². The molecule has 1 aliphatic rings. The summed E-state index contributed by atoms with van der Waals surface area (Å²) in [6, 6.07) is 10.7. The Morgan fingerprint density at radius 2 is 1.91 bits per heavy atom. The Balaban J connectivity index is 1.46. The molecule has 7 nitrogen and oxygen atoms in total. The molecule has 1 aliphatic heterocycles. The van der Waals surface area contributed by atoms with Gasteiger partial charge in [-0.15, -0.1) is 11.3 Å². The van der Waals surface area contributed by atoms with Crippen molar-refractivity contribution in [3.05, 3.63) is 70.4 Å². The third-order valence-electron chi connectivity index (χ3n) is 5.42. The number of nitrogens with one attached hydrogen (secondary N) is 2. The highest BCUT2D eigenvalue weighted by Gasteiger charge is 2.49. The number of amides is 4. The molecule has 1 fully saturated rings. The van der Waals surface area contributed by atoms with E-state index in [1.165, 1.54) is 42.5 Å². The highest BCUT2D eigenvalue weighted by atomic mass is 32.1. The largest absolute Gasteiger partial charge is 0.325 e. The summed E-state index contributed by atoms with van der Waals surface area (Å²) in [7, 11) is 0. The van der Waals surface area contributed by atoms with E-state index >= 15 is 0 Å². The lowest BCUT2D eigenvalue weighted by molar-refractivity contribution is -0.133. The molecule has 9 heteroatoms. The number of thiazole rings is 1. The van der Waals surface area contributed by atoms with Crippen molar-refractivity contribution in [2.24, 2.45) is 0 Å². The zero-order valence-corrected chi connectivity index (χ0v) is 18.5. The number of anilines is 1. The van der Waals surface area contributed by atoms with E-state index in [-0.39, 0.29) is 0 Å². The number of aromatic nitrogens is 1. The first-order chi connectivity index (χ1) is 15.2. The molecule has 32 heavy (non-hydrogen) atoms. The lowest BCUT2D eigenvalue weighted by Crippen LogP contribution is -2.42. The summed E-state index contributed by atoms with van der Waals surface area (Å²) in [6.07, 6.45) is 0. The summed E-state index contributed by atoms with van der Waals surface area (Å²) in [5.74, 6) is -1.58. The van der Waals surface area contributed by atoms with Gasteiger partial charge in [-0.3, -0.25) is 14.5 Å². The summed E-state index contributed by atoms with van der Waals surface area (Å²) in [4.78, 5) is 43.2. The Bertz CT molecular complexity index is 1220. The molecule has 0 spiro atoms. The van der Waals surface area contributed by atoms with Crippen molar-refractivity contribution < 1.29 is 18.8 Å². The van der Waals surface area contributed by atoms with Gasteiger partial charge in [0.15, 0.2) is 5.13 Å². The van der Waals surface area contributed by atoms with Crippen LogP contribution in [0.3, 0.4) is 0 Å². The molecule has 0 aliphatic carbocycles. The van der Waals surface area contributed by atoms with Crippen LogP contribution in [0.25, 0.3) is 11.3 Å². The highest BCUT2D eigenvalue weighted by molar-refractivity contribution is 7.14. The molecule has 3 aromatic rings. The molecule has 164 valence electrons. The minimum Gasteiger partial charge on any atom is -0.319 e. The number of imide groups is 1. The second-order valence-electron chi connectivity index (χ2n) is 7.86. The molecule has 4 amide bonds. The predicted octanol–water partition coefficient (Wildman–Crippen LogP) is 3.97. The van der Waals surface area contributed by atoms with Gasteiger partial charge in [-0.1, -0.05) is 29.8 Å². The topological polar surface area (TPSA) is 91.4 Å². The van der Waals surface area contributed by atoms with E-state index in [2.05, 4.69) is 15.6 Å². The van der Waals surface area contributed by atoms with Crippen LogP contribution in [0.1, 0.15) is 23.6 Å². The molecule has 0 radical (unpaired) electrons. The van der Waals surface area contributed by atoms with Crippen molar-refractivity contribution in [1.29, 1.82) is 0 Å². The van der Waals surface area contributed by atoms with Crippen LogP contribution < -0.4 is 10.6 Å². The normalized spacial score (nSPS) is 18.1. The van der Waals surface area contributed by atoms with Crippen LogP contribution in [-0.4, -0.2) is 34.3 Å². The Hall–Kier alpha value is -3.59. The zero-order valence-electron chi connectivity index (χ0n) is 17.7. The van der Waals surface area contributed by atoms with Crippen LogP contribution in [0.2, 0.25) is 0 Å². The van der Waals surface area contributed by atoms with E-state index in [0.29, 0.717) is 10.7 Å². The lowest BCUT2D eigenvalue weighted by atomic mass is 9.92.